The third-order valence-electron chi connectivity index (χ3n) is 4.12. The van der Waals surface area contributed by atoms with Crippen molar-refractivity contribution in [2.24, 2.45) is 0 Å². The van der Waals surface area contributed by atoms with Crippen LogP contribution in [0, 0.1) is 0 Å². The molecule has 1 aliphatic rings. The van der Waals surface area contributed by atoms with Gasteiger partial charge in [0.25, 0.3) is 11.8 Å². The summed E-state index contributed by atoms with van der Waals surface area (Å²) in [5.74, 6) is -0.145. The fraction of sp³-hybridized carbons (Fsp3) is 0.278. The number of rotatable bonds is 4. The van der Waals surface area contributed by atoms with Gasteiger partial charge in [-0.05, 0) is 30.7 Å². The Morgan fingerprint density at radius 1 is 1.08 bits per heavy atom. The van der Waals surface area contributed by atoms with Crippen molar-refractivity contribution in [3.63, 3.8) is 0 Å². The minimum Gasteiger partial charge on any atom is -0.496 e. The van der Waals surface area contributed by atoms with E-state index in [2.05, 4.69) is 4.98 Å². The monoisotopic (exact) mass is 375 g/mol. The average Bonchev–Trinajstić information content (AvgIpc) is 3.17. The number of methoxy groups -OCH3 is 2. The Bertz CT molecular complexity index is 829. The summed E-state index contributed by atoms with van der Waals surface area (Å²) in [5, 5.41) is 3.10. The zero-order valence-electron chi connectivity index (χ0n) is 14.4. The second kappa shape index (κ2) is 7.61. The van der Waals surface area contributed by atoms with Gasteiger partial charge in [0.2, 0.25) is 0 Å². The van der Waals surface area contributed by atoms with Crippen LogP contribution < -0.4 is 9.47 Å². The third-order valence-corrected chi connectivity index (χ3v) is 4.42. The first-order valence-electron chi connectivity index (χ1n) is 8.02. The van der Waals surface area contributed by atoms with E-state index in [1.165, 1.54) is 30.4 Å². The lowest BCUT2D eigenvalue weighted by atomic mass is 10.1. The van der Waals surface area contributed by atoms with Gasteiger partial charge in [0, 0.05) is 25.5 Å². The number of aromatic nitrogens is 1. The highest BCUT2D eigenvalue weighted by atomic mass is 35.5. The zero-order valence-corrected chi connectivity index (χ0v) is 15.2. The van der Waals surface area contributed by atoms with Gasteiger partial charge in [-0.2, -0.15) is 0 Å². The summed E-state index contributed by atoms with van der Waals surface area (Å²) in [5.41, 5.74) is 0.602. The minimum absolute atomic E-state index is 0.188. The number of hydrogen-bond donors (Lipinski definition) is 0. The van der Waals surface area contributed by atoms with Crippen LogP contribution >= 0.6 is 11.6 Å². The quantitative estimate of drug-likeness (QED) is 0.821. The number of hydrogen-bond acceptors (Lipinski definition) is 5. The molecule has 8 heteroatoms. The second-order valence-corrected chi connectivity index (χ2v) is 6.02. The molecule has 1 fully saturated rings. The van der Waals surface area contributed by atoms with Crippen molar-refractivity contribution in [3.8, 4) is 11.5 Å². The van der Waals surface area contributed by atoms with Crippen LogP contribution in [0.15, 0.2) is 36.7 Å². The van der Waals surface area contributed by atoms with Crippen LogP contribution in [0.3, 0.4) is 0 Å². The van der Waals surface area contributed by atoms with Crippen molar-refractivity contribution in [1.82, 2.24) is 15.0 Å². The van der Waals surface area contributed by atoms with Crippen molar-refractivity contribution in [2.45, 2.75) is 6.42 Å². The molecule has 26 heavy (non-hydrogen) atoms. The first-order valence-corrected chi connectivity index (χ1v) is 8.40. The Kier molecular flexibility index (Phi) is 5.27. The van der Waals surface area contributed by atoms with Crippen LogP contribution in [0.5, 0.6) is 11.5 Å². The van der Waals surface area contributed by atoms with Gasteiger partial charge in [0.05, 0.1) is 24.8 Å². The van der Waals surface area contributed by atoms with Gasteiger partial charge in [0.15, 0.2) is 5.75 Å². The van der Waals surface area contributed by atoms with E-state index in [-0.39, 0.29) is 17.2 Å². The smallest absolute Gasteiger partial charge is 0.280 e. The fourth-order valence-corrected chi connectivity index (χ4v) is 3.15. The van der Waals surface area contributed by atoms with Crippen LogP contribution in [0.1, 0.15) is 27.1 Å². The molecule has 2 aromatic rings. The van der Waals surface area contributed by atoms with Gasteiger partial charge in [-0.25, -0.2) is 10.0 Å². The van der Waals surface area contributed by atoms with E-state index in [1.807, 2.05) is 0 Å². The molecule has 1 aromatic carbocycles. The van der Waals surface area contributed by atoms with E-state index in [9.17, 15) is 9.59 Å². The number of hydrazine groups is 1. The normalized spacial score (nSPS) is 13.7. The highest BCUT2D eigenvalue weighted by Gasteiger charge is 2.35. The van der Waals surface area contributed by atoms with Gasteiger partial charge in [-0.1, -0.05) is 11.6 Å². The number of ether oxygens (including phenoxy) is 2. The standard InChI is InChI=1S/C18H18ClN3O4/c1-25-14-7-6-13(19)16(26-2)15(14)18(24)22-10-4-9-21(22)17(23)12-5-3-8-20-11-12/h3,5-8,11H,4,9-10H2,1-2H3. The molecule has 1 aromatic heterocycles. The molecule has 136 valence electrons. The Hall–Kier alpha value is -2.80. The van der Waals surface area contributed by atoms with Gasteiger partial charge in [-0.3, -0.25) is 14.6 Å². The SMILES string of the molecule is COc1ccc(Cl)c(OC)c1C(=O)N1CCCN1C(=O)c1cccnc1. The van der Waals surface area contributed by atoms with Crippen molar-refractivity contribution in [1.29, 1.82) is 0 Å². The van der Waals surface area contributed by atoms with Crippen LogP contribution in [-0.2, 0) is 0 Å². The van der Waals surface area contributed by atoms with E-state index >= 15 is 0 Å². The molecule has 7 nitrogen and oxygen atoms in total. The summed E-state index contributed by atoms with van der Waals surface area (Å²) < 4.78 is 10.6. The van der Waals surface area contributed by atoms with Crippen LogP contribution in [-0.4, -0.2) is 54.1 Å². The molecule has 0 bridgehead atoms. The third kappa shape index (κ3) is 3.17. The molecule has 0 atom stereocenters. The Morgan fingerprint density at radius 2 is 1.81 bits per heavy atom. The highest BCUT2D eigenvalue weighted by Crippen LogP contribution is 2.37. The molecular weight excluding hydrogens is 358 g/mol. The molecule has 1 saturated heterocycles. The molecular formula is C18H18ClN3O4. The maximum absolute atomic E-state index is 13.2. The molecule has 2 heterocycles. The van der Waals surface area contributed by atoms with E-state index in [0.29, 0.717) is 35.8 Å². The number of carbonyl (C=O) groups excluding carboxylic acids is 2. The fourth-order valence-electron chi connectivity index (χ4n) is 2.91. The van der Waals surface area contributed by atoms with E-state index in [0.717, 1.165) is 0 Å². The number of pyridine rings is 1. The molecule has 0 saturated carbocycles. The summed E-state index contributed by atoms with van der Waals surface area (Å²) >= 11 is 6.16. The first-order chi connectivity index (χ1) is 12.6. The number of halogens is 1. The van der Waals surface area contributed by atoms with Gasteiger partial charge < -0.3 is 9.47 Å². The van der Waals surface area contributed by atoms with Gasteiger partial charge >= 0.3 is 0 Å². The zero-order chi connectivity index (χ0) is 18.7. The number of carbonyl (C=O) groups is 2. The molecule has 0 unspecified atom stereocenters. The maximum Gasteiger partial charge on any atom is 0.280 e. The number of nitrogens with zero attached hydrogens (tertiary/aromatic N) is 3. The molecule has 2 amide bonds. The lowest BCUT2D eigenvalue weighted by molar-refractivity contribution is 0.0182. The van der Waals surface area contributed by atoms with Crippen molar-refractivity contribution in [3.05, 3.63) is 52.8 Å². The Morgan fingerprint density at radius 3 is 2.42 bits per heavy atom. The maximum atomic E-state index is 13.2. The number of amides is 2. The first kappa shape index (κ1) is 18.0. The van der Waals surface area contributed by atoms with Crippen LogP contribution in [0.25, 0.3) is 0 Å². The molecule has 3 rings (SSSR count). The second-order valence-electron chi connectivity index (χ2n) is 5.61. The molecule has 0 aliphatic carbocycles. The van der Waals surface area contributed by atoms with Gasteiger partial charge in [0.1, 0.15) is 11.3 Å². The molecule has 1 aliphatic heterocycles. The van der Waals surface area contributed by atoms with Crippen molar-refractivity contribution < 1.29 is 19.1 Å². The van der Waals surface area contributed by atoms with Crippen molar-refractivity contribution in [2.75, 3.05) is 27.3 Å². The van der Waals surface area contributed by atoms with Gasteiger partial charge in [-0.15, -0.1) is 0 Å². The summed E-state index contributed by atoms with van der Waals surface area (Å²) in [6.07, 6.45) is 3.73. The minimum atomic E-state index is -0.407. The van der Waals surface area contributed by atoms with Crippen LogP contribution in [0.4, 0.5) is 0 Å². The Balaban J connectivity index is 1.97. The highest BCUT2D eigenvalue weighted by molar-refractivity contribution is 6.32. The van der Waals surface area contributed by atoms with E-state index < -0.39 is 5.91 Å². The summed E-state index contributed by atoms with van der Waals surface area (Å²) in [6, 6.07) is 6.54. The predicted molar refractivity (Wildman–Crippen MR) is 95.5 cm³/mol. The van der Waals surface area contributed by atoms with E-state index in [4.69, 9.17) is 21.1 Å². The van der Waals surface area contributed by atoms with Crippen LogP contribution in [0.2, 0.25) is 5.02 Å². The lowest BCUT2D eigenvalue weighted by Gasteiger charge is -2.29. The largest absolute Gasteiger partial charge is 0.496 e. The Labute approximate surface area is 156 Å². The summed E-state index contributed by atoms with van der Waals surface area (Å²) in [7, 11) is 2.89. The summed E-state index contributed by atoms with van der Waals surface area (Å²) in [4.78, 5) is 29.9. The molecule has 0 radical (unpaired) electrons. The van der Waals surface area contributed by atoms with Crippen molar-refractivity contribution >= 4 is 23.4 Å². The topological polar surface area (TPSA) is 72.0 Å². The average molecular weight is 376 g/mol. The lowest BCUT2D eigenvalue weighted by Crippen LogP contribution is -2.45. The number of benzene rings is 1. The molecule has 0 N–H and O–H groups in total. The molecule has 0 spiro atoms. The van der Waals surface area contributed by atoms with E-state index in [1.54, 1.807) is 30.5 Å². The summed E-state index contributed by atoms with van der Waals surface area (Å²) in [6.45, 7) is 0.842. The predicted octanol–water partition coefficient (Wildman–Crippen LogP) is 2.66.